The summed E-state index contributed by atoms with van der Waals surface area (Å²) in [6.45, 7) is 0.956. The van der Waals surface area contributed by atoms with Crippen molar-refractivity contribution < 1.29 is 41.2 Å². The third-order valence-corrected chi connectivity index (χ3v) is 7.30. The number of aromatic nitrogens is 3. The zero-order chi connectivity index (χ0) is 30.0. The van der Waals surface area contributed by atoms with Crippen molar-refractivity contribution in [3.8, 4) is 0 Å². The van der Waals surface area contributed by atoms with Gasteiger partial charge >= 0.3 is 6.09 Å². The zero-order valence-electron chi connectivity index (χ0n) is 22.9. The summed E-state index contributed by atoms with van der Waals surface area (Å²) in [5.74, 6) is -3.29. The number of carbonyl (C=O) groups excluding carboxylic acids is 2. The molecule has 41 heavy (non-hydrogen) atoms. The number of alkyl halides is 3. The maximum Gasteiger partial charge on any atom is 0.407 e. The fourth-order valence-corrected chi connectivity index (χ4v) is 4.78. The summed E-state index contributed by atoms with van der Waals surface area (Å²) < 4.78 is 72.4. The summed E-state index contributed by atoms with van der Waals surface area (Å²) in [5, 5.41) is 10.2. The first-order chi connectivity index (χ1) is 19.6. The van der Waals surface area contributed by atoms with Crippen LogP contribution >= 0.6 is 0 Å². The summed E-state index contributed by atoms with van der Waals surface area (Å²) in [6, 6.07) is 0.666. The van der Waals surface area contributed by atoms with Crippen LogP contribution in [0.25, 0.3) is 5.65 Å². The number of halogens is 5. The zero-order valence-corrected chi connectivity index (χ0v) is 22.9. The highest BCUT2D eigenvalue weighted by Crippen LogP contribution is 2.42. The molecule has 2 saturated carbocycles. The van der Waals surface area contributed by atoms with E-state index in [1.165, 1.54) is 4.52 Å². The van der Waals surface area contributed by atoms with Gasteiger partial charge in [0.25, 0.3) is 0 Å². The molecular formula is C25H36F5N7O4. The van der Waals surface area contributed by atoms with Gasteiger partial charge < -0.3 is 25.0 Å². The molecule has 0 bridgehead atoms. The second-order valence-electron chi connectivity index (χ2n) is 10.3. The normalized spacial score (nSPS) is 19.0. The number of nitrogens with one attached hydrogen (secondary N) is 3. The molecule has 2 aliphatic carbocycles. The molecule has 16 heteroatoms. The van der Waals surface area contributed by atoms with Crippen molar-refractivity contribution in [3.63, 3.8) is 0 Å². The lowest BCUT2D eigenvalue weighted by atomic mass is 9.81. The van der Waals surface area contributed by atoms with E-state index in [9.17, 15) is 31.7 Å². The van der Waals surface area contributed by atoms with Gasteiger partial charge in [0.1, 0.15) is 12.3 Å². The van der Waals surface area contributed by atoms with Gasteiger partial charge in [-0.15, -0.1) is 8.96 Å². The molecule has 2 unspecified atom stereocenters. The van der Waals surface area contributed by atoms with E-state index in [-0.39, 0.29) is 50.6 Å². The van der Waals surface area contributed by atoms with Crippen LogP contribution in [0.1, 0.15) is 61.9 Å². The van der Waals surface area contributed by atoms with Crippen molar-refractivity contribution in [2.24, 2.45) is 5.92 Å². The van der Waals surface area contributed by atoms with Crippen LogP contribution in [0.15, 0.2) is 18.5 Å². The second kappa shape index (κ2) is 14.7. The van der Waals surface area contributed by atoms with Crippen LogP contribution in [0, 0.1) is 5.92 Å². The molecule has 4 rings (SSSR count). The molecule has 2 aromatic rings. The first kappa shape index (κ1) is 32.4. The molecule has 2 aliphatic rings. The van der Waals surface area contributed by atoms with Crippen molar-refractivity contribution in [1.82, 2.24) is 35.9 Å². The average molecular weight is 594 g/mol. The smallest absolute Gasteiger partial charge is 0.407 e. The third-order valence-electron chi connectivity index (χ3n) is 7.30. The van der Waals surface area contributed by atoms with Crippen molar-refractivity contribution in [2.75, 3.05) is 40.5 Å². The molecule has 0 aromatic carbocycles. The number of likely N-dealkylation sites (N-methyl/N-ethyl adjacent to an activating group) is 1. The Morgan fingerprint density at radius 3 is 2.51 bits per heavy atom. The average Bonchev–Trinajstić information content (AvgIpc) is 3.53. The lowest BCUT2D eigenvalue weighted by Crippen LogP contribution is -2.38. The van der Waals surface area contributed by atoms with Crippen molar-refractivity contribution in [1.29, 1.82) is 0 Å². The molecule has 2 aromatic heterocycles. The SMILES string of the molecule is CNCCN(C=O)C(COC)c1cnn2cc(C(NC(=O)OCC3(F)CC3)C3CCC(F)(F)CC3)nc2c1.FNF. The number of nitrogens with zero attached hydrogens (tertiary/aromatic N) is 4. The highest BCUT2D eigenvalue weighted by molar-refractivity contribution is 5.68. The Hall–Kier alpha value is -3.11. The molecule has 0 aliphatic heterocycles. The number of methoxy groups -OCH3 is 1. The van der Waals surface area contributed by atoms with Crippen molar-refractivity contribution in [3.05, 3.63) is 29.7 Å². The van der Waals surface area contributed by atoms with Gasteiger partial charge in [0, 0.05) is 44.4 Å². The van der Waals surface area contributed by atoms with Gasteiger partial charge in [-0.05, 0) is 44.7 Å². The molecular weight excluding hydrogens is 557 g/mol. The predicted molar refractivity (Wildman–Crippen MR) is 137 cm³/mol. The number of alkyl carbamates (subject to hydrolysis) is 1. The lowest BCUT2D eigenvalue weighted by Gasteiger charge is -2.33. The fraction of sp³-hybridized carbons (Fsp3) is 0.680. The number of imidazole rings is 1. The minimum absolute atomic E-state index is 0.188. The Kier molecular flexibility index (Phi) is 11.6. The number of rotatable bonds is 13. The number of hydrogen-bond acceptors (Lipinski definition) is 8. The second-order valence-corrected chi connectivity index (χ2v) is 10.3. The van der Waals surface area contributed by atoms with Crippen molar-refractivity contribution >= 4 is 18.2 Å². The van der Waals surface area contributed by atoms with E-state index >= 15 is 0 Å². The first-order valence-electron chi connectivity index (χ1n) is 13.2. The van der Waals surface area contributed by atoms with E-state index in [1.807, 2.05) is 0 Å². The Morgan fingerprint density at radius 1 is 1.24 bits per heavy atom. The molecule has 230 valence electrons. The van der Waals surface area contributed by atoms with Gasteiger partial charge in [0.2, 0.25) is 12.3 Å². The molecule has 0 saturated heterocycles. The number of ether oxygens (including phenoxy) is 2. The Labute approximate surface area is 234 Å². The van der Waals surface area contributed by atoms with Crippen molar-refractivity contribution in [2.45, 2.75) is 62.2 Å². The van der Waals surface area contributed by atoms with Gasteiger partial charge in [-0.2, -0.15) is 5.10 Å². The van der Waals surface area contributed by atoms with Crippen LogP contribution in [0.4, 0.5) is 26.9 Å². The summed E-state index contributed by atoms with van der Waals surface area (Å²) in [7, 11) is 3.34. The summed E-state index contributed by atoms with van der Waals surface area (Å²) in [4.78, 5) is 30.6. The first-order valence-corrected chi connectivity index (χ1v) is 13.2. The monoisotopic (exact) mass is 593 g/mol. The highest BCUT2D eigenvalue weighted by atomic mass is 19.4. The van der Waals surface area contributed by atoms with Gasteiger partial charge in [0.05, 0.1) is 36.8 Å². The van der Waals surface area contributed by atoms with E-state index in [4.69, 9.17) is 9.47 Å². The molecule has 2 fully saturated rings. The number of hydrogen-bond donors (Lipinski definition) is 3. The van der Waals surface area contributed by atoms with E-state index in [0.29, 0.717) is 42.8 Å². The van der Waals surface area contributed by atoms with Gasteiger partial charge in [0.15, 0.2) is 5.65 Å². The summed E-state index contributed by atoms with van der Waals surface area (Å²) in [5.41, 5.74) is 0.136. The van der Waals surface area contributed by atoms with Crippen LogP contribution in [0.2, 0.25) is 0 Å². The molecule has 2 amide bonds. The fourth-order valence-electron chi connectivity index (χ4n) is 4.78. The van der Waals surface area contributed by atoms with E-state index in [2.05, 4.69) is 20.7 Å². The molecule has 0 radical (unpaired) electrons. The third kappa shape index (κ3) is 9.19. The summed E-state index contributed by atoms with van der Waals surface area (Å²) in [6.07, 6.45) is 3.70. The Balaban J connectivity index is 0.00000147. The largest absolute Gasteiger partial charge is 0.446 e. The number of fused-ring (bicyclic) bond motifs is 1. The number of carbonyl (C=O) groups is 2. The molecule has 2 heterocycles. The molecule has 3 N–H and O–H groups in total. The van der Waals surface area contributed by atoms with Crippen LogP contribution < -0.4 is 16.4 Å². The topological polar surface area (TPSA) is 122 Å². The molecule has 2 atom stereocenters. The van der Waals surface area contributed by atoms with Crippen LogP contribution in [-0.4, -0.2) is 84.1 Å². The molecule has 11 nitrogen and oxygen atoms in total. The van der Waals surface area contributed by atoms with Gasteiger partial charge in [-0.1, -0.05) is 0 Å². The maximum absolute atomic E-state index is 14.0. The Morgan fingerprint density at radius 2 is 1.93 bits per heavy atom. The van der Waals surface area contributed by atoms with Crippen LogP contribution in [-0.2, 0) is 14.3 Å². The van der Waals surface area contributed by atoms with E-state index in [1.54, 1.807) is 37.5 Å². The quantitative estimate of drug-likeness (QED) is 0.183. The van der Waals surface area contributed by atoms with Gasteiger partial charge in [-0.3, -0.25) is 4.79 Å². The Bertz CT molecular complexity index is 1130. The minimum atomic E-state index is -2.74. The van der Waals surface area contributed by atoms with Crippen LogP contribution in [0.3, 0.4) is 0 Å². The molecule has 0 spiro atoms. The van der Waals surface area contributed by atoms with Gasteiger partial charge in [-0.25, -0.2) is 27.5 Å². The highest BCUT2D eigenvalue weighted by Gasteiger charge is 2.45. The van der Waals surface area contributed by atoms with E-state index in [0.717, 1.165) is 6.41 Å². The minimum Gasteiger partial charge on any atom is -0.446 e. The maximum atomic E-state index is 14.0. The lowest BCUT2D eigenvalue weighted by molar-refractivity contribution is -0.121. The van der Waals surface area contributed by atoms with E-state index < -0.39 is 29.8 Å². The number of amides is 2. The summed E-state index contributed by atoms with van der Waals surface area (Å²) >= 11 is 0. The predicted octanol–water partition coefficient (Wildman–Crippen LogP) is 3.53. The van der Waals surface area contributed by atoms with Crippen LogP contribution in [0.5, 0.6) is 0 Å². The standard InChI is InChI=1S/C25H35F3N6O4.F2HN/c1-29-9-10-33(16-35)20(14-37-2)18-11-21-31-19(13-34(21)30-12-18)22(17-3-5-25(27,28)6-4-17)32-23(36)38-15-24(26)7-8-24;1-3-2/h11-13,16-17,20,22,29H,3-10,14-15H2,1-2H3,(H,32,36);3H.